The average molecular weight is 398 g/mol. The Morgan fingerprint density at radius 3 is 2.27 bits per heavy atom. The standard InChI is InChI=1S/C20H28ClNO3S/c1-3-19(20-10-13-6-14(11-20)8-15(7-13)12-20)22-26(23,24)18-9-16(21)4-5-17(18)25-2/h4-5,9,13-15,19,22H,3,6-8,10-12H2,1-2H3/t13?,14?,15?,19-,20?/m1/s1. The highest BCUT2D eigenvalue weighted by molar-refractivity contribution is 7.89. The highest BCUT2D eigenvalue weighted by Crippen LogP contribution is 2.61. The highest BCUT2D eigenvalue weighted by atomic mass is 35.5. The van der Waals surface area contributed by atoms with Gasteiger partial charge >= 0.3 is 0 Å². The molecule has 1 N–H and O–H groups in total. The van der Waals surface area contributed by atoms with Gasteiger partial charge in [-0.15, -0.1) is 0 Å². The summed E-state index contributed by atoms with van der Waals surface area (Å²) >= 11 is 6.06. The predicted octanol–water partition coefficient (Wildman–Crippen LogP) is 4.62. The van der Waals surface area contributed by atoms with Gasteiger partial charge in [-0.2, -0.15) is 0 Å². The van der Waals surface area contributed by atoms with E-state index in [2.05, 4.69) is 11.6 Å². The first kappa shape index (κ1) is 18.6. The van der Waals surface area contributed by atoms with Gasteiger partial charge in [0.05, 0.1) is 7.11 Å². The fourth-order valence-electron chi connectivity index (χ4n) is 6.36. The van der Waals surface area contributed by atoms with E-state index in [1.54, 1.807) is 12.1 Å². The molecule has 6 heteroatoms. The molecule has 0 aliphatic heterocycles. The lowest BCUT2D eigenvalue weighted by Crippen LogP contribution is -2.56. The van der Waals surface area contributed by atoms with Crippen LogP contribution in [0.2, 0.25) is 5.02 Å². The summed E-state index contributed by atoms with van der Waals surface area (Å²) in [5, 5.41) is 0.397. The topological polar surface area (TPSA) is 55.4 Å². The summed E-state index contributed by atoms with van der Waals surface area (Å²) < 4.78 is 34.7. The van der Waals surface area contributed by atoms with Crippen molar-refractivity contribution >= 4 is 21.6 Å². The number of rotatable bonds is 6. The van der Waals surface area contributed by atoms with Crippen LogP contribution in [0.3, 0.4) is 0 Å². The second-order valence-corrected chi connectivity index (χ2v) is 10.8. The van der Waals surface area contributed by atoms with Crippen LogP contribution in [0.25, 0.3) is 0 Å². The molecule has 0 unspecified atom stereocenters. The predicted molar refractivity (Wildman–Crippen MR) is 103 cm³/mol. The third-order valence-corrected chi connectivity index (χ3v) is 8.67. The van der Waals surface area contributed by atoms with E-state index in [9.17, 15) is 8.42 Å². The van der Waals surface area contributed by atoms with Crippen LogP contribution in [0, 0.1) is 23.2 Å². The molecule has 4 aliphatic rings. The zero-order valence-corrected chi connectivity index (χ0v) is 17.1. The van der Waals surface area contributed by atoms with Crippen molar-refractivity contribution in [3.8, 4) is 5.75 Å². The van der Waals surface area contributed by atoms with Gasteiger partial charge in [-0.05, 0) is 86.3 Å². The Morgan fingerprint density at radius 1 is 1.19 bits per heavy atom. The third kappa shape index (κ3) is 3.16. The number of nitrogens with one attached hydrogen (secondary N) is 1. The van der Waals surface area contributed by atoms with Gasteiger partial charge in [-0.25, -0.2) is 13.1 Å². The van der Waals surface area contributed by atoms with Crippen LogP contribution in [-0.4, -0.2) is 21.6 Å². The molecule has 0 saturated heterocycles. The number of methoxy groups -OCH3 is 1. The first-order valence-electron chi connectivity index (χ1n) is 9.71. The Bertz CT molecular complexity index is 757. The van der Waals surface area contributed by atoms with E-state index in [0.29, 0.717) is 10.8 Å². The van der Waals surface area contributed by atoms with Gasteiger partial charge in [0.25, 0.3) is 0 Å². The number of hydrogen-bond acceptors (Lipinski definition) is 3. The molecule has 0 aromatic heterocycles. The van der Waals surface area contributed by atoms with Gasteiger partial charge in [0, 0.05) is 11.1 Å². The number of hydrogen-bond donors (Lipinski definition) is 1. The van der Waals surface area contributed by atoms with Crippen molar-refractivity contribution in [3.05, 3.63) is 23.2 Å². The molecule has 4 nitrogen and oxygen atoms in total. The molecule has 4 aliphatic carbocycles. The lowest BCUT2D eigenvalue weighted by Gasteiger charge is -2.59. The molecule has 1 aromatic carbocycles. The Labute approximate surface area is 161 Å². The zero-order valence-electron chi connectivity index (χ0n) is 15.5. The van der Waals surface area contributed by atoms with Gasteiger partial charge in [0.2, 0.25) is 10.0 Å². The van der Waals surface area contributed by atoms with Crippen LogP contribution < -0.4 is 9.46 Å². The van der Waals surface area contributed by atoms with E-state index in [-0.39, 0.29) is 16.4 Å². The molecule has 1 atom stereocenters. The Kier molecular flexibility index (Phi) is 4.77. The van der Waals surface area contributed by atoms with Crippen molar-refractivity contribution in [1.82, 2.24) is 4.72 Å². The van der Waals surface area contributed by atoms with E-state index in [0.717, 1.165) is 24.2 Å². The average Bonchev–Trinajstić information content (AvgIpc) is 2.58. The summed E-state index contributed by atoms with van der Waals surface area (Å²) in [7, 11) is -2.21. The number of benzene rings is 1. The van der Waals surface area contributed by atoms with Crippen LogP contribution in [0.4, 0.5) is 0 Å². The zero-order chi connectivity index (χ0) is 18.5. The SMILES string of the molecule is CC[C@@H](NS(=O)(=O)c1cc(Cl)ccc1OC)C12CC3CC(CC(C3)C1)C2. The van der Waals surface area contributed by atoms with Crippen molar-refractivity contribution in [2.24, 2.45) is 23.2 Å². The van der Waals surface area contributed by atoms with Crippen LogP contribution in [0.5, 0.6) is 5.75 Å². The van der Waals surface area contributed by atoms with E-state index in [4.69, 9.17) is 16.3 Å². The Balaban J connectivity index is 1.64. The molecule has 5 rings (SSSR count). The first-order chi connectivity index (χ1) is 12.3. The second kappa shape index (κ2) is 6.68. The molecule has 4 bridgehead atoms. The number of ether oxygens (including phenoxy) is 1. The highest BCUT2D eigenvalue weighted by Gasteiger charge is 2.54. The van der Waals surface area contributed by atoms with Gasteiger partial charge in [0.15, 0.2) is 0 Å². The van der Waals surface area contributed by atoms with Crippen molar-refractivity contribution in [3.63, 3.8) is 0 Å². The Morgan fingerprint density at radius 2 is 1.77 bits per heavy atom. The Hall–Kier alpha value is -0.780. The molecular formula is C20H28ClNO3S. The van der Waals surface area contributed by atoms with Gasteiger partial charge in [-0.3, -0.25) is 0 Å². The molecule has 144 valence electrons. The fraction of sp³-hybridized carbons (Fsp3) is 0.700. The summed E-state index contributed by atoms with van der Waals surface area (Å²) in [6.07, 6.45) is 8.39. The van der Waals surface area contributed by atoms with E-state index in [1.807, 2.05) is 0 Å². The summed E-state index contributed by atoms with van der Waals surface area (Å²) in [5.74, 6) is 2.71. The molecule has 4 saturated carbocycles. The molecular weight excluding hydrogens is 370 g/mol. The molecule has 0 radical (unpaired) electrons. The fourth-order valence-corrected chi connectivity index (χ4v) is 8.21. The lowest BCUT2D eigenvalue weighted by atomic mass is 9.47. The molecule has 26 heavy (non-hydrogen) atoms. The minimum Gasteiger partial charge on any atom is -0.495 e. The third-order valence-electron chi connectivity index (χ3n) is 6.95. The normalized spacial score (nSPS) is 34.0. The maximum absolute atomic E-state index is 13.2. The van der Waals surface area contributed by atoms with E-state index in [1.165, 1.54) is 51.7 Å². The van der Waals surface area contributed by atoms with Crippen molar-refractivity contribution < 1.29 is 13.2 Å². The van der Waals surface area contributed by atoms with E-state index < -0.39 is 10.0 Å². The van der Waals surface area contributed by atoms with Gasteiger partial charge < -0.3 is 4.74 Å². The smallest absolute Gasteiger partial charge is 0.244 e. The maximum Gasteiger partial charge on any atom is 0.244 e. The molecule has 0 heterocycles. The first-order valence-corrected chi connectivity index (χ1v) is 11.6. The van der Waals surface area contributed by atoms with Crippen molar-refractivity contribution in [2.45, 2.75) is 62.8 Å². The van der Waals surface area contributed by atoms with Crippen LogP contribution in [0.1, 0.15) is 51.9 Å². The van der Waals surface area contributed by atoms with Crippen molar-refractivity contribution in [2.75, 3.05) is 7.11 Å². The second-order valence-electron chi connectivity index (χ2n) is 8.66. The molecule has 4 fully saturated rings. The number of sulfonamides is 1. The van der Waals surface area contributed by atoms with Gasteiger partial charge in [0.1, 0.15) is 10.6 Å². The van der Waals surface area contributed by atoms with E-state index >= 15 is 0 Å². The largest absolute Gasteiger partial charge is 0.495 e. The van der Waals surface area contributed by atoms with Crippen molar-refractivity contribution in [1.29, 1.82) is 0 Å². The van der Waals surface area contributed by atoms with Crippen LogP contribution in [0.15, 0.2) is 23.1 Å². The summed E-state index contributed by atoms with van der Waals surface area (Å²) in [6.45, 7) is 2.10. The summed E-state index contributed by atoms with van der Waals surface area (Å²) in [4.78, 5) is 0.135. The minimum absolute atomic E-state index is 0.0235. The molecule has 1 aromatic rings. The quantitative estimate of drug-likeness (QED) is 0.761. The monoisotopic (exact) mass is 397 g/mol. The molecule has 0 amide bonds. The number of halogens is 1. The maximum atomic E-state index is 13.2. The van der Waals surface area contributed by atoms with Crippen LogP contribution >= 0.6 is 11.6 Å². The van der Waals surface area contributed by atoms with Crippen LogP contribution in [-0.2, 0) is 10.0 Å². The summed E-state index contributed by atoms with van der Waals surface area (Å²) in [6, 6.07) is 4.72. The molecule has 0 spiro atoms. The minimum atomic E-state index is -3.69. The summed E-state index contributed by atoms with van der Waals surface area (Å²) in [5.41, 5.74) is 0.127. The lowest BCUT2D eigenvalue weighted by molar-refractivity contribution is -0.0704. The van der Waals surface area contributed by atoms with Gasteiger partial charge in [-0.1, -0.05) is 18.5 Å².